The van der Waals surface area contributed by atoms with Gasteiger partial charge in [0, 0.05) is 44.8 Å². The van der Waals surface area contributed by atoms with Crippen LogP contribution in [0.5, 0.6) is 0 Å². The minimum atomic E-state index is -0.148. The van der Waals surface area contributed by atoms with E-state index in [2.05, 4.69) is 77.6 Å². The Kier molecular flexibility index (Phi) is 4.22. The second kappa shape index (κ2) is 6.52. The number of carbonyl (C=O) groups is 1. The van der Waals surface area contributed by atoms with E-state index in [0.717, 1.165) is 31.7 Å². The largest absolute Gasteiger partial charge is 0.375 e. The average molecular weight is 335 g/mol. The van der Waals surface area contributed by atoms with E-state index < -0.39 is 0 Å². The second-order valence-corrected chi connectivity index (χ2v) is 6.98. The first-order valence-electron chi connectivity index (χ1n) is 9.10. The summed E-state index contributed by atoms with van der Waals surface area (Å²) in [6, 6.07) is 17.1. The van der Waals surface area contributed by atoms with Gasteiger partial charge in [0.2, 0.25) is 5.91 Å². The average Bonchev–Trinajstić information content (AvgIpc) is 2.67. The van der Waals surface area contributed by atoms with Crippen molar-refractivity contribution in [2.45, 2.75) is 18.9 Å². The molecule has 0 radical (unpaired) electrons. The molecule has 0 aliphatic carbocycles. The van der Waals surface area contributed by atoms with Gasteiger partial charge in [0.05, 0.1) is 0 Å². The number of rotatable bonds is 3. The third-order valence-electron chi connectivity index (χ3n) is 5.59. The Labute approximate surface area is 149 Å². The summed E-state index contributed by atoms with van der Waals surface area (Å²) in [4.78, 5) is 17.1. The highest BCUT2D eigenvalue weighted by atomic mass is 16.2. The maximum Gasteiger partial charge on any atom is 0.242 e. The Morgan fingerprint density at radius 1 is 1.16 bits per heavy atom. The van der Waals surface area contributed by atoms with E-state index in [-0.39, 0.29) is 11.9 Å². The van der Waals surface area contributed by atoms with Gasteiger partial charge in [-0.05, 0) is 35.7 Å². The highest BCUT2D eigenvalue weighted by Crippen LogP contribution is 2.41. The minimum Gasteiger partial charge on any atom is -0.375 e. The second-order valence-electron chi connectivity index (χ2n) is 6.98. The van der Waals surface area contributed by atoms with Crippen LogP contribution in [0.4, 0.5) is 5.69 Å². The third-order valence-corrected chi connectivity index (χ3v) is 5.59. The predicted octanol–water partition coefficient (Wildman–Crippen LogP) is 2.76. The van der Waals surface area contributed by atoms with E-state index in [4.69, 9.17) is 0 Å². The Balaban J connectivity index is 1.84. The van der Waals surface area contributed by atoms with Gasteiger partial charge in [-0.2, -0.15) is 0 Å². The Morgan fingerprint density at radius 2 is 1.96 bits per heavy atom. The summed E-state index contributed by atoms with van der Waals surface area (Å²) < 4.78 is 0. The monoisotopic (exact) mass is 335 g/mol. The summed E-state index contributed by atoms with van der Waals surface area (Å²) in [5.74, 6) is 0.444. The molecule has 2 aromatic carbocycles. The summed E-state index contributed by atoms with van der Waals surface area (Å²) in [7, 11) is 2.11. The van der Waals surface area contributed by atoms with Crippen LogP contribution >= 0.6 is 0 Å². The molecule has 0 saturated carbocycles. The first-order valence-corrected chi connectivity index (χ1v) is 9.10. The van der Waals surface area contributed by atoms with Crippen LogP contribution in [0.25, 0.3) is 0 Å². The molecule has 4 heteroatoms. The van der Waals surface area contributed by atoms with E-state index in [9.17, 15) is 4.79 Å². The van der Waals surface area contributed by atoms with Crippen LogP contribution in [0.2, 0.25) is 0 Å². The normalized spacial score (nSPS) is 22.7. The van der Waals surface area contributed by atoms with Crippen molar-refractivity contribution in [3.05, 3.63) is 65.2 Å². The molecule has 4 nitrogen and oxygen atoms in total. The van der Waals surface area contributed by atoms with Crippen LogP contribution < -0.4 is 10.2 Å². The van der Waals surface area contributed by atoms with Crippen LogP contribution in [-0.2, 0) is 4.79 Å². The highest BCUT2D eigenvalue weighted by molar-refractivity contribution is 5.85. The lowest BCUT2D eigenvalue weighted by molar-refractivity contribution is -0.129. The van der Waals surface area contributed by atoms with Crippen molar-refractivity contribution in [1.82, 2.24) is 10.2 Å². The molecule has 2 atom stereocenters. The Bertz CT molecular complexity index is 774. The van der Waals surface area contributed by atoms with Gasteiger partial charge in [-0.3, -0.25) is 9.69 Å². The highest BCUT2D eigenvalue weighted by Gasteiger charge is 2.39. The van der Waals surface area contributed by atoms with Gasteiger partial charge in [-0.15, -0.1) is 0 Å². The quantitative estimate of drug-likeness (QED) is 0.937. The molecule has 0 bridgehead atoms. The summed E-state index contributed by atoms with van der Waals surface area (Å²) >= 11 is 0. The van der Waals surface area contributed by atoms with E-state index in [1.807, 2.05) is 0 Å². The van der Waals surface area contributed by atoms with Crippen LogP contribution in [-0.4, -0.2) is 44.0 Å². The minimum absolute atomic E-state index is 0.135. The Hall–Kier alpha value is -2.33. The van der Waals surface area contributed by atoms with E-state index in [1.54, 1.807) is 0 Å². The molecule has 2 aliphatic heterocycles. The van der Waals surface area contributed by atoms with E-state index >= 15 is 0 Å². The van der Waals surface area contributed by atoms with Crippen LogP contribution in [0.1, 0.15) is 35.6 Å². The number of hydrogen-bond donors (Lipinski definition) is 1. The summed E-state index contributed by atoms with van der Waals surface area (Å²) in [5.41, 5.74) is 4.99. The lowest BCUT2D eigenvalue weighted by atomic mass is 9.80. The maximum absolute atomic E-state index is 12.5. The smallest absolute Gasteiger partial charge is 0.242 e. The van der Waals surface area contributed by atoms with E-state index in [0.29, 0.717) is 5.92 Å². The summed E-state index contributed by atoms with van der Waals surface area (Å²) in [6.07, 6.45) is 0. The lowest BCUT2D eigenvalue weighted by Crippen LogP contribution is -2.53. The van der Waals surface area contributed by atoms with E-state index in [1.165, 1.54) is 16.8 Å². The van der Waals surface area contributed by atoms with Gasteiger partial charge in [-0.1, -0.05) is 36.4 Å². The molecule has 4 rings (SSSR count). The molecule has 0 spiro atoms. The van der Waals surface area contributed by atoms with Gasteiger partial charge >= 0.3 is 0 Å². The van der Waals surface area contributed by atoms with Gasteiger partial charge in [0.25, 0.3) is 0 Å². The number of amides is 1. The number of fused-ring (bicyclic) bond motifs is 3. The molecule has 1 saturated heterocycles. The molecule has 2 aromatic rings. The zero-order chi connectivity index (χ0) is 17.4. The first kappa shape index (κ1) is 16.2. The van der Waals surface area contributed by atoms with Crippen molar-refractivity contribution in [3.8, 4) is 0 Å². The van der Waals surface area contributed by atoms with Crippen LogP contribution in [0, 0.1) is 0 Å². The van der Waals surface area contributed by atoms with Gasteiger partial charge < -0.3 is 10.2 Å². The molecule has 0 aromatic heterocycles. The van der Waals surface area contributed by atoms with Crippen LogP contribution in [0.15, 0.2) is 48.5 Å². The number of piperazine rings is 1. The molecule has 1 fully saturated rings. The Morgan fingerprint density at radius 3 is 2.72 bits per heavy atom. The molecule has 2 heterocycles. The number of nitrogens with one attached hydrogen (secondary N) is 1. The van der Waals surface area contributed by atoms with Crippen LogP contribution in [0.3, 0.4) is 0 Å². The van der Waals surface area contributed by atoms with Crippen molar-refractivity contribution < 1.29 is 4.79 Å². The molecule has 2 aliphatic rings. The number of anilines is 1. The number of carbonyl (C=O) groups excluding carboxylic acids is 1. The molecule has 25 heavy (non-hydrogen) atoms. The number of hydrogen-bond acceptors (Lipinski definition) is 3. The van der Waals surface area contributed by atoms with Crippen molar-refractivity contribution in [3.63, 3.8) is 0 Å². The fraction of sp³-hybridized carbons (Fsp3) is 0.381. The van der Waals surface area contributed by atoms with Crippen molar-refractivity contribution in [2.75, 3.05) is 38.1 Å². The predicted molar refractivity (Wildman–Crippen MR) is 101 cm³/mol. The SMILES string of the molecule is CCN(C)c1ccc2c(c1)[C@@H](c1ccccc1)CN1CCNC(=O)[C@H]21. The van der Waals surface area contributed by atoms with Gasteiger partial charge in [0.1, 0.15) is 6.04 Å². The zero-order valence-electron chi connectivity index (χ0n) is 14.9. The summed E-state index contributed by atoms with van der Waals surface area (Å²) in [6.45, 7) is 5.67. The first-order chi connectivity index (χ1) is 12.2. The van der Waals surface area contributed by atoms with Crippen molar-refractivity contribution >= 4 is 11.6 Å². The van der Waals surface area contributed by atoms with Gasteiger partial charge in [0.15, 0.2) is 0 Å². The zero-order valence-corrected chi connectivity index (χ0v) is 14.9. The molecule has 1 amide bonds. The fourth-order valence-electron chi connectivity index (χ4n) is 4.09. The molecular weight excluding hydrogens is 310 g/mol. The number of benzene rings is 2. The number of nitrogens with zero attached hydrogens (tertiary/aromatic N) is 2. The topological polar surface area (TPSA) is 35.6 Å². The fourth-order valence-corrected chi connectivity index (χ4v) is 4.09. The third kappa shape index (κ3) is 2.81. The standard InChI is InChI=1S/C21H25N3O/c1-3-23(2)16-9-10-17-18(13-16)19(15-7-5-4-6-8-15)14-24-12-11-22-21(25)20(17)24/h4-10,13,19-20H,3,11-12,14H2,1-2H3,(H,22,25)/t19-,20+/m1/s1. The van der Waals surface area contributed by atoms with Crippen molar-refractivity contribution in [1.29, 1.82) is 0 Å². The molecule has 0 unspecified atom stereocenters. The molecule has 1 N–H and O–H groups in total. The molecule has 130 valence electrons. The summed E-state index contributed by atoms with van der Waals surface area (Å²) in [5, 5.41) is 3.03. The lowest BCUT2D eigenvalue weighted by Gasteiger charge is -2.43. The van der Waals surface area contributed by atoms with Crippen molar-refractivity contribution in [2.24, 2.45) is 0 Å². The molecular formula is C21H25N3O. The van der Waals surface area contributed by atoms with Gasteiger partial charge in [-0.25, -0.2) is 0 Å². The maximum atomic E-state index is 12.5.